The van der Waals surface area contributed by atoms with Gasteiger partial charge >= 0.3 is 0 Å². The van der Waals surface area contributed by atoms with Gasteiger partial charge in [-0.05, 0) is 19.4 Å². The molecule has 0 spiro atoms. The van der Waals surface area contributed by atoms with Gasteiger partial charge in [0.25, 0.3) is 0 Å². The molecule has 0 aromatic heterocycles. The molecule has 29 heavy (non-hydrogen) atoms. The van der Waals surface area contributed by atoms with Gasteiger partial charge in [-0.1, -0.05) is 42.1 Å². The van der Waals surface area contributed by atoms with Crippen LogP contribution in [0, 0.1) is 0 Å². The van der Waals surface area contributed by atoms with Gasteiger partial charge in [-0.15, -0.1) is 0 Å². The second-order valence-electron chi connectivity index (χ2n) is 6.06. The number of thioether (sulfide) groups is 1. The lowest BCUT2D eigenvalue weighted by molar-refractivity contribution is -0.128. The van der Waals surface area contributed by atoms with Crippen LogP contribution in [0.5, 0.6) is 0 Å². The first-order valence-corrected chi connectivity index (χ1v) is 10.1. The second kappa shape index (κ2) is 14.3. The summed E-state index contributed by atoms with van der Waals surface area (Å²) in [5, 5.41) is 6.89. The summed E-state index contributed by atoms with van der Waals surface area (Å²) in [6, 6.07) is 8.55. The summed E-state index contributed by atoms with van der Waals surface area (Å²) in [5.41, 5.74) is 5.83. The smallest absolute Gasteiger partial charge is 0.239 e. The summed E-state index contributed by atoms with van der Waals surface area (Å²) in [4.78, 5) is 58.4. The second-order valence-corrected chi connectivity index (χ2v) is 7.00. The molecule has 0 fully saturated rings. The van der Waals surface area contributed by atoms with Crippen molar-refractivity contribution in [3.8, 4) is 0 Å². The Hall–Kier alpha value is -2.72. The van der Waals surface area contributed by atoms with Crippen LogP contribution in [0.1, 0.15) is 29.6 Å². The number of nitrogens with one attached hydrogen (secondary N) is 3. The Balaban J connectivity index is 2.13. The molecular weight excluding hydrogens is 396 g/mol. The van der Waals surface area contributed by atoms with Crippen LogP contribution >= 0.6 is 11.8 Å². The van der Waals surface area contributed by atoms with Gasteiger partial charge in [0.2, 0.25) is 22.8 Å². The van der Waals surface area contributed by atoms with Crippen LogP contribution in [-0.4, -0.2) is 60.6 Å². The molecule has 10 heteroatoms. The van der Waals surface area contributed by atoms with E-state index in [1.165, 1.54) is 0 Å². The number of hydrogen-bond donors (Lipinski definition) is 4. The maximum Gasteiger partial charge on any atom is 0.239 e. The molecule has 0 saturated carbocycles. The normalized spacial score (nSPS) is 10.1. The Labute approximate surface area is 173 Å². The summed E-state index contributed by atoms with van der Waals surface area (Å²) in [6.45, 7) is -0.191. The van der Waals surface area contributed by atoms with E-state index in [2.05, 4.69) is 16.0 Å². The number of ketones is 1. The van der Waals surface area contributed by atoms with Crippen molar-refractivity contribution >= 4 is 40.4 Å². The van der Waals surface area contributed by atoms with Gasteiger partial charge in [0, 0.05) is 12.0 Å². The van der Waals surface area contributed by atoms with Crippen molar-refractivity contribution in [1.82, 2.24) is 16.0 Å². The molecular formula is C19H26N4O5S. The van der Waals surface area contributed by atoms with Crippen LogP contribution in [-0.2, 0) is 19.2 Å². The number of carbonyl (C=O) groups is 5. The summed E-state index contributed by atoms with van der Waals surface area (Å²) in [7, 11) is 0. The standard InChI is InChI=1S/C19H26N4O5S/c20-9-5-4-8-15(24)10-21-16(25)11-22-17(26)12-23-18(27)13-29-19(28)14-6-2-1-3-7-14/h1-3,6-7H,4-5,8-13,20H2,(H,21,25)(H,22,26)(H,23,27). The zero-order valence-corrected chi connectivity index (χ0v) is 16.9. The molecule has 1 aromatic carbocycles. The highest BCUT2D eigenvalue weighted by Crippen LogP contribution is 2.11. The first kappa shape index (κ1) is 24.3. The Morgan fingerprint density at radius 1 is 0.793 bits per heavy atom. The fourth-order valence-electron chi connectivity index (χ4n) is 2.07. The lowest BCUT2D eigenvalue weighted by atomic mass is 10.2. The number of rotatable bonds is 13. The molecule has 1 aromatic rings. The predicted molar refractivity (Wildman–Crippen MR) is 110 cm³/mol. The average Bonchev–Trinajstić information content (AvgIpc) is 2.73. The highest BCUT2D eigenvalue weighted by molar-refractivity contribution is 8.14. The first-order valence-electron chi connectivity index (χ1n) is 9.16. The highest BCUT2D eigenvalue weighted by Gasteiger charge is 2.12. The van der Waals surface area contributed by atoms with Gasteiger partial charge in [-0.3, -0.25) is 24.0 Å². The Morgan fingerprint density at radius 2 is 1.38 bits per heavy atom. The molecule has 5 N–H and O–H groups in total. The van der Waals surface area contributed by atoms with Crippen LogP contribution in [0.2, 0.25) is 0 Å². The minimum Gasteiger partial charge on any atom is -0.347 e. The molecule has 0 unspecified atom stereocenters. The number of benzene rings is 1. The van der Waals surface area contributed by atoms with E-state index in [-0.39, 0.29) is 36.3 Å². The predicted octanol–water partition coefficient (Wildman–Crippen LogP) is -0.393. The number of hydrogen-bond acceptors (Lipinski definition) is 7. The van der Waals surface area contributed by atoms with Crippen molar-refractivity contribution in [2.75, 3.05) is 31.9 Å². The molecule has 158 valence electrons. The van der Waals surface area contributed by atoms with E-state index in [1.807, 2.05) is 0 Å². The number of nitrogens with two attached hydrogens (primary N) is 1. The van der Waals surface area contributed by atoms with Crippen molar-refractivity contribution < 1.29 is 24.0 Å². The Morgan fingerprint density at radius 3 is 2.00 bits per heavy atom. The summed E-state index contributed by atoms with van der Waals surface area (Å²) in [5.74, 6) is -1.74. The molecule has 0 atom stereocenters. The summed E-state index contributed by atoms with van der Waals surface area (Å²) in [6.07, 6.45) is 1.78. The number of amides is 3. The summed E-state index contributed by atoms with van der Waals surface area (Å²) < 4.78 is 0. The van der Waals surface area contributed by atoms with E-state index in [4.69, 9.17) is 5.73 Å². The van der Waals surface area contributed by atoms with Crippen molar-refractivity contribution in [2.24, 2.45) is 5.73 Å². The van der Waals surface area contributed by atoms with Crippen molar-refractivity contribution in [1.29, 1.82) is 0 Å². The minimum absolute atomic E-state index is 0.0946. The third-order valence-electron chi connectivity index (χ3n) is 3.63. The summed E-state index contributed by atoms with van der Waals surface area (Å²) >= 11 is 0.838. The van der Waals surface area contributed by atoms with Crippen molar-refractivity contribution in [3.63, 3.8) is 0 Å². The van der Waals surface area contributed by atoms with E-state index < -0.39 is 17.7 Å². The van der Waals surface area contributed by atoms with Crippen LogP contribution in [0.3, 0.4) is 0 Å². The molecule has 0 bridgehead atoms. The van der Waals surface area contributed by atoms with Gasteiger partial charge in [-0.2, -0.15) is 0 Å². The molecule has 9 nitrogen and oxygen atoms in total. The lowest BCUT2D eigenvalue weighted by Crippen LogP contribution is -2.43. The third-order valence-corrected chi connectivity index (χ3v) is 4.53. The zero-order chi connectivity index (χ0) is 21.5. The largest absolute Gasteiger partial charge is 0.347 e. The lowest BCUT2D eigenvalue weighted by Gasteiger charge is -2.08. The van der Waals surface area contributed by atoms with Crippen LogP contribution in [0.25, 0.3) is 0 Å². The van der Waals surface area contributed by atoms with Gasteiger partial charge < -0.3 is 21.7 Å². The molecule has 0 heterocycles. The number of Topliss-reactive ketones (excluding diaryl/α,β-unsaturated/α-hetero) is 1. The first-order chi connectivity index (χ1) is 13.9. The minimum atomic E-state index is -0.554. The quantitative estimate of drug-likeness (QED) is 0.316. The molecule has 0 aliphatic rings. The average molecular weight is 423 g/mol. The molecule has 0 radical (unpaired) electrons. The fourth-order valence-corrected chi connectivity index (χ4v) is 2.74. The molecule has 0 aliphatic heterocycles. The van der Waals surface area contributed by atoms with Gasteiger partial charge in [-0.25, -0.2) is 0 Å². The zero-order valence-electron chi connectivity index (χ0n) is 16.1. The van der Waals surface area contributed by atoms with E-state index in [0.29, 0.717) is 24.9 Å². The van der Waals surface area contributed by atoms with Crippen LogP contribution in [0.15, 0.2) is 30.3 Å². The third kappa shape index (κ3) is 11.7. The van der Waals surface area contributed by atoms with Crippen LogP contribution < -0.4 is 21.7 Å². The molecule has 0 aliphatic carbocycles. The van der Waals surface area contributed by atoms with Crippen LogP contribution in [0.4, 0.5) is 0 Å². The topological polar surface area (TPSA) is 147 Å². The fraction of sp³-hybridized carbons (Fsp3) is 0.421. The van der Waals surface area contributed by atoms with Gasteiger partial charge in [0.05, 0.1) is 25.4 Å². The number of carbonyl (C=O) groups excluding carboxylic acids is 5. The molecule has 0 saturated heterocycles. The van der Waals surface area contributed by atoms with Crippen molar-refractivity contribution in [2.45, 2.75) is 19.3 Å². The maximum atomic E-state index is 11.9. The van der Waals surface area contributed by atoms with E-state index in [9.17, 15) is 24.0 Å². The maximum absolute atomic E-state index is 11.9. The van der Waals surface area contributed by atoms with Gasteiger partial charge in [0.1, 0.15) is 0 Å². The van der Waals surface area contributed by atoms with Crippen molar-refractivity contribution in [3.05, 3.63) is 35.9 Å². The Kier molecular flexibility index (Phi) is 12.0. The van der Waals surface area contributed by atoms with E-state index >= 15 is 0 Å². The highest BCUT2D eigenvalue weighted by atomic mass is 32.2. The van der Waals surface area contributed by atoms with Gasteiger partial charge in [0.15, 0.2) is 5.78 Å². The SMILES string of the molecule is NCCCCC(=O)CNC(=O)CNC(=O)CNC(=O)CSC(=O)c1ccccc1. The molecule has 3 amide bonds. The number of unbranched alkanes of at least 4 members (excludes halogenated alkanes) is 1. The Bertz CT molecular complexity index is 712. The van der Waals surface area contributed by atoms with E-state index in [0.717, 1.165) is 18.2 Å². The monoisotopic (exact) mass is 422 g/mol. The van der Waals surface area contributed by atoms with E-state index in [1.54, 1.807) is 30.3 Å². The molecule has 1 rings (SSSR count).